The molecule has 2 aromatic carbocycles. The number of fused-ring (bicyclic) bond motifs is 2. The van der Waals surface area contributed by atoms with Gasteiger partial charge in [0, 0.05) is 24.0 Å². The summed E-state index contributed by atoms with van der Waals surface area (Å²) in [7, 11) is 0. The highest BCUT2D eigenvalue weighted by Gasteiger charge is 2.29. The van der Waals surface area contributed by atoms with E-state index in [-0.39, 0.29) is 18.4 Å². The number of carbonyl (C=O) groups excluding carboxylic acids is 4. The van der Waals surface area contributed by atoms with Crippen LogP contribution in [0.4, 0.5) is 26.3 Å². The number of Topliss-reactive ketones (excluding diaryl/α,β-unsaturated/α-hetero) is 1. The van der Waals surface area contributed by atoms with Crippen LogP contribution < -0.4 is 25.0 Å². The highest BCUT2D eigenvalue weighted by Crippen LogP contribution is 2.25. The van der Waals surface area contributed by atoms with Gasteiger partial charge in [0.2, 0.25) is 5.91 Å². The number of aromatic nitrogens is 6. The molecule has 52 heavy (non-hydrogen) atoms. The monoisotopic (exact) mass is 737 g/mol. The number of amides is 1. The van der Waals surface area contributed by atoms with E-state index in [4.69, 9.17) is 19.8 Å². The fraction of sp³-hybridized carbons (Fsp3) is 0.333. The molecule has 0 fully saturated rings. The van der Waals surface area contributed by atoms with Gasteiger partial charge in [0.25, 0.3) is 5.82 Å². The van der Waals surface area contributed by atoms with Crippen LogP contribution in [0.25, 0.3) is 27.8 Å². The van der Waals surface area contributed by atoms with Crippen LogP contribution in [0.2, 0.25) is 0 Å². The summed E-state index contributed by atoms with van der Waals surface area (Å²) in [6, 6.07) is 14.4. The van der Waals surface area contributed by atoms with Crippen LogP contribution in [-0.2, 0) is 25.6 Å². The van der Waals surface area contributed by atoms with Gasteiger partial charge in [-0.1, -0.05) is 60.1 Å². The summed E-state index contributed by atoms with van der Waals surface area (Å²) < 4.78 is 64.8. The number of nitrogens with one attached hydrogen (secondary N) is 4. The standard InChI is InChI=1S/C29H31N7O2.2C2HF3O2/c1-2-24(37)10-4-3-5-11-25(34-27(38)14-20-16-31-29-32-19-33-36(29)18-20)28-30-17-26(35-28)23-13-12-21-8-6-7-9-22(21)15-23;2*3-2(4,5)1(6)7/h6-9,12-13,15-19,25H,2-5,10-11,14H2,1H3,(H2,30,34,35,38);2*(H,6,7)/t25-;;/m0../s1. The number of rotatable bonds is 12. The number of imidazole rings is 1. The summed E-state index contributed by atoms with van der Waals surface area (Å²) in [6.07, 6.45) is 1.50. The molecule has 5 aromatic rings. The number of halogens is 6. The summed E-state index contributed by atoms with van der Waals surface area (Å²) in [6.45, 7) is 1.90. The lowest BCUT2D eigenvalue weighted by Crippen LogP contribution is -2.37. The molecule has 3 aromatic heterocycles. The van der Waals surface area contributed by atoms with Gasteiger partial charge in [-0.15, -0.1) is 4.52 Å². The summed E-state index contributed by atoms with van der Waals surface area (Å²) in [5.74, 6) is -4.40. The normalized spacial score (nSPS) is 11.9. The van der Waals surface area contributed by atoms with E-state index in [0.29, 0.717) is 24.4 Å². The summed E-state index contributed by atoms with van der Waals surface area (Å²) in [5, 5.41) is 26.1. The van der Waals surface area contributed by atoms with Gasteiger partial charge in [-0.2, -0.15) is 26.3 Å². The molecule has 4 N–H and O–H groups in total. The highest BCUT2D eigenvalue weighted by atomic mass is 19.4. The minimum atomic E-state index is -5.19. The average Bonchev–Trinajstić information content (AvgIpc) is 3.77. The van der Waals surface area contributed by atoms with Crippen LogP contribution in [0, 0.1) is 0 Å². The Bertz CT molecular complexity index is 1950. The summed E-state index contributed by atoms with van der Waals surface area (Å²) in [5.41, 5.74) is 2.82. The molecule has 0 unspecified atom stereocenters. The number of carbonyl (C=O) groups is 4. The number of aromatic amines is 3. The molecule has 0 radical (unpaired) electrons. The first-order valence-electron chi connectivity index (χ1n) is 15.6. The van der Waals surface area contributed by atoms with E-state index in [0.717, 1.165) is 48.3 Å². The number of nitrogens with zero attached hydrogens (tertiary/aromatic N) is 3. The Morgan fingerprint density at radius 1 is 0.923 bits per heavy atom. The van der Waals surface area contributed by atoms with E-state index in [9.17, 15) is 35.9 Å². The predicted octanol–water partition coefficient (Wildman–Crippen LogP) is 2.43. The number of alkyl halides is 6. The van der Waals surface area contributed by atoms with Gasteiger partial charge in [-0.25, -0.2) is 15.1 Å². The van der Waals surface area contributed by atoms with E-state index in [1.54, 1.807) is 17.0 Å². The lowest BCUT2D eigenvalue weighted by molar-refractivity contribution is -0.580. The Labute approximate surface area is 291 Å². The lowest BCUT2D eigenvalue weighted by Gasteiger charge is -2.14. The molecule has 0 bridgehead atoms. The van der Waals surface area contributed by atoms with E-state index >= 15 is 0 Å². The lowest BCUT2D eigenvalue weighted by atomic mass is 10.0. The third kappa shape index (κ3) is 12.8. The average molecular weight is 738 g/mol. The minimum absolute atomic E-state index is 0.0901. The van der Waals surface area contributed by atoms with Crippen molar-refractivity contribution in [2.45, 2.75) is 70.3 Å². The number of hydrogen-bond donors (Lipinski definition) is 3. The second kappa shape index (κ2) is 18.4. The van der Waals surface area contributed by atoms with Crippen molar-refractivity contribution >= 4 is 40.2 Å². The number of carboxylic acid groups (broad SMARTS) is 2. The molecule has 1 atom stereocenters. The number of ketones is 1. The summed E-state index contributed by atoms with van der Waals surface area (Å²) >= 11 is 0. The zero-order valence-corrected chi connectivity index (χ0v) is 27.4. The first-order chi connectivity index (χ1) is 24.5. The third-order valence-electron chi connectivity index (χ3n) is 7.29. The van der Waals surface area contributed by atoms with Gasteiger partial charge in [0.1, 0.15) is 36.2 Å². The molecule has 3 heterocycles. The minimum Gasteiger partial charge on any atom is -0.542 e. The highest BCUT2D eigenvalue weighted by molar-refractivity contribution is 5.86. The molecule has 278 valence electrons. The molecule has 19 heteroatoms. The Morgan fingerprint density at radius 3 is 2.21 bits per heavy atom. The second-order valence-corrected chi connectivity index (χ2v) is 11.2. The molecule has 13 nitrogen and oxygen atoms in total. The number of unbranched alkanes of at least 4 members (excludes halogenated alkanes) is 2. The second-order valence-electron chi connectivity index (χ2n) is 11.2. The SMILES string of the molecule is CCC(=O)CCCCC[C@H](NC(=O)Cc1cnc2nc[nH][n+]2c1)c1[nH]c(-c2ccc3ccccc3c2)c[nH+]1.O=C([O-])C(F)(F)F.O=C([O-])C(F)(F)F. The largest absolute Gasteiger partial charge is 0.542 e. The van der Waals surface area contributed by atoms with E-state index in [2.05, 4.69) is 60.7 Å². The fourth-order valence-corrected chi connectivity index (χ4v) is 4.70. The van der Waals surface area contributed by atoms with Crippen molar-refractivity contribution in [3.05, 3.63) is 78.8 Å². The first-order valence-corrected chi connectivity index (χ1v) is 15.6. The van der Waals surface area contributed by atoms with Gasteiger partial charge < -0.3 is 25.1 Å². The van der Waals surface area contributed by atoms with E-state index < -0.39 is 24.3 Å². The zero-order valence-electron chi connectivity index (χ0n) is 27.4. The van der Waals surface area contributed by atoms with Crippen LogP contribution in [-0.4, -0.2) is 56.0 Å². The fourth-order valence-electron chi connectivity index (χ4n) is 4.70. The molecule has 1 amide bonds. The van der Waals surface area contributed by atoms with Gasteiger partial charge in [-0.3, -0.25) is 9.59 Å². The Kier molecular flexibility index (Phi) is 14.3. The van der Waals surface area contributed by atoms with Crippen LogP contribution in [0.15, 0.2) is 67.4 Å². The van der Waals surface area contributed by atoms with Crippen molar-refractivity contribution in [2.75, 3.05) is 0 Å². The van der Waals surface area contributed by atoms with Crippen molar-refractivity contribution in [3.63, 3.8) is 0 Å². The van der Waals surface area contributed by atoms with Crippen molar-refractivity contribution in [2.24, 2.45) is 0 Å². The Balaban J connectivity index is 0.000000441. The maximum Gasteiger partial charge on any atom is 0.456 e. The number of H-pyrrole nitrogens is 3. The van der Waals surface area contributed by atoms with Crippen molar-refractivity contribution in [3.8, 4) is 11.3 Å². The van der Waals surface area contributed by atoms with Gasteiger partial charge >= 0.3 is 18.1 Å². The molecule has 0 saturated heterocycles. The maximum absolute atomic E-state index is 13.1. The van der Waals surface area contributed by atoms with Crippen LogP contribution >= 0.6 is 0 Å². The Morgan fingerprint density at radius 2 is 1.58 bits per heavy atom. The molecule has 0 spiro atoms. The van der Waals surface area contributed by atoms with Crippen molar-refractivity contribution in [1.82, 2.24) is 25.4 Å². The number of hydrogen-bond acceptors (Lipinski definition) is 8. The smallest absolute Gasteiger partial charge is 0.456 e. The van der Waals surface area contributed by atoms with Crippen LogP contribution in [0.3, 0.4) is 0 Å². The molecule has 0 aliphatic heterocycles. The van der Waals surface area contributed by atoms with Crippen LogP contribution in [0.5, 0.6) is 0 Å². The van der Waals surface area contributed by atoms with Crippen LogP contribution in [0.1, 0.15) is 62.9 Å². The maximum atomic E-state index is 13.1. The molecule has 0 aliphatic carbocycles. The van der Waals surface area contributed by atoms with Crippen molar-refractivity contribution < 1.29 is 65.2 Å². The summed E-state index contributed by atoms with van der Waals surface area (Å²) in [4.78, 5) is 57.5. The van der Waals surface area contributed by atoms with E-state index in [1.165, 1.54) is 10.8 Å². The molecule has 0 saturated carbocycles. The molecule has 0 aliphatic rings. The number of aliphatic carboxylic acids is 2. The third-order valence-corrected chi connectivity index (χ3v) is 7.29. The topological polar surface area (TPSA) is 202 Å². The van der Waals surface area contributed by atoms with Crippen molar-refractivity contribution in [1.29, 1.82) is 0 Å². The van der Waals surface area contributed by atoms with Gasteiger partial charge in [0.05, 0.1) is 12.6 Å². The molecule has 5 rings (SSSR count). The quantitative estimate of drug-likeness (QED) is 0.0984. The van der Waals surface area contributed by atoms with Gasteiger partial charge in [0.15, 0.2) is 12.0 Å². The Hall–Kier alpha value is -5.88. The number of carboxylic acids is 2. The molecular weight excluding hydrogens is 704 g/mol. The molecular formula is C33H33F6N7O6. The predicted molar refractivity (Wildman–Crippen MR) is 165 cm³/mol. The van der Waals surface area contributed by atoms with Gasteiger partial charge in [-0.05, 0) is 35.7 Å². The first kappa shape index (κ1) is 40.5. The number of benzene rings is 2. The zero-order chi connectivity index (χ0) is 38.5. The van der Waals surface area contributed by atoms with E-state index in [1.807, 2.05) is 31.5 Å².